The van der Waals surface area contributed by atoms with E-state index in [-0.39, 0.29) is 11.8 Å². The number of carbonyl (C=O) groups is 3. The molecule has 1 N–H and O–H groups in total. The van der Waals surface area contributed by atoms with Crippen molar-refractivity contribution in [1.82, 2.24) is 10.2 Å². The fourth-order valence-corrected chi connectivity index (χ4v) is 2.81. The van der Waals surface area contributed by atoms with E-state index in [1.165, 1.54) is 0 Å². The zero-order valence-electron chi connectivity index (χ0n) is 14.4. The van der Waals surface area contributed by atoms with Crippen molar-refractivity contribution in [1.29, 1.82) is 0 Å². The van der Waals surface area contributed by atoms with Crippen LogP contribution in [0.3, 0.4) is 0 Å². The van der Waals surface area contributed by atoms with Crippen LogP contribution >= 0.6 is 0 Å². The Morgan fingerprint density at radius 1 is 1.17 bits per heavy atom. The fourth-order valence-electron chi connectivity index (χ4n) is 2.81. The molecular weight excluding hydrogens is 308 g/mol. The zero-order valence-corrected chi connectivity index (χ0v) is 14.4. The predicted octanol–water partition coefficient (Wildman–Crippen LogP) is 1.85. The van der Waals surface area contributed by atoms with Crippen molar-refractivity contribution in [3.05, 3.63) is 35.4 Å². The molecule has 1 aliphatic heterocycles. The Kier molecular flexibility index (Phi) is 6.09. The Bertz CT molecular complexity index is 592. The molecule has 0 saturated heterocycles. The van der Waals surface area contributed by atoms with E-state index in [4.69, 9.17) is 4.74 Å². The summed E-state index contributed by atoms with van der Waals surface area (Å²) in [6, 6.07) is 5.89. The molecule has 3 amide bonds. The van der Waals surface area contributed by atoms with Gasteiger partial charge < -0.3 is 10.1 Å². The maximum absolute atomic E-state index is 12.6. The summed E-state index contributed by atoms with van der Waals surface area (Å²) in [4.78, 5) is 38.9. The van der Waals surface area contributed by atoms with E-state index in [0.29, 0.717) is 37.1 Å². The lowest BCUT2D eigenvalue weighted by Gasteiger charge is -2.26. The summed E-state index contributed by atoms with van der Waals surface area (Å²) >= 11 is 0. The smallest absolute Gasteiger partial charge is 0.262 e. The molecular formula is C18H24N2O4. The quantitative estimate of drug-likeness (QED) is 0.582. The minimum atomic E-state index is -0.792. The number of methoxy groups -OCH3 is 1. The molecule has 6 nitrogen and oxygen atoms in total. The number of imide groups is 1. The van der Waals surface area contributed by atoms with E-state index in [2.05, 4.69) is 5.32 Å². The monoisotopic (exact) mass is 332 g/mol. The topological polar surface area (TPSA) is 75.7 Å². The molecule has 1 unspecified atom stereocenters. The molecule has 0 aromatic heterocycles. The van der Waals surface area contributed by atoms with E-state index < -0.39 is 17.9 Å². The number of amides is 3. The molecule has 1 atom stereocenters. The highest BCUT2D eigenvalue weighted by Crippen LogP contribution is 2.26. The molecule has 24 heavy (non-hydrogen) atoms. The number of carbonyl (C=O) groups excluding carboxylic acids is 3. The van der Waals surface area contributed by atoms with E-state index in [1.807, 2.05) is 13.8 Å². The van der Waals surface area contributed by atoms with Crippen LogP contribution in [0.25, 0.3) is 0 Å². The third-order valence-electron chi connectivity index (χ3n) is 3.96. The van der Waals surface area contributed by atoms with Gasteiger partial charge in [-0.15, -0.1) is 0 Å². The molecule has 0 aliphatic carbocycles. The minimum absolute atomic E-state index is 0.170. The van der Waals surface area contributed by atoms with Crippen molar-refractivity contribution < 1.29 is 19.1 Å². The van der Waals surface area contributed by atoms with Gasteiger partial charge in [0.25, 0.3) is 11.8 Å². The molecule has 1 heterocycles. The molecule has 2 rings (SSSR count). The first-order chi connectivity index (χ1) is 11.5. The van der Waals surface area contributed by atoms with Gasteiger partial charge in [0.2, 0.25) is 5.91 Å². The Morgan fingerprint density at radius 3 is 2.25 bits per heavy atom. The average molecular weight is 332 g/mol. The molecule has 0 saturated carbocycles. The van der Waals surface area contributed by atoms with Crippen LogP contribution in [0.1, 0.15) is 47.4 Å². The summed E-state index contributed by atoms with van der Waals surface area (Å²) in [7, 11) is 1.60. The maximum Gasteiger partial charge on any atom is 0.262 e. The van der Waals surface area contributed by atoms with Crippen LogP contribution in [-0.2, 0) is 9.53 Å². The fraction of sp³-hybridized carbons (Fsp3) is 0.500. The maximum atomic E-state index is 12.6. The van der Waals surface area contributed by atoms with Gasteiger partial charge in [0.1, 0.15) is 6.04 Å². The third-order valence-corrected chi connectivity index (χ3v) is 3.96. The van der Waals surface area contributed by atoms with Crippen molar-refractivity contribution in [2.75, 3.05) is 20.3 Å². The standard InChI is InChI=1S/C18H24N2O4/c1-12(2)11-15(16(21)19-9-6-10-24-3)20-17(22)13-7-4-5-8-14(13)18(20)23/h4-5,7-8,12,15H,6,9-11H2,1-3H3,(H,19,21). The third kappa shape index (κ3) is 3.82. The Labute approximate surface area is 142 Å². The molecule has 1 aromatic rings. The molecule has 0 fully saturated rings. The first-order valence-electron chi connectivity index (χ1n) is 8.21. The molecule has 1 aliphatic rings. The second-order valence-electron chi connectivity index (χ2n) is 6.31. The number of hydrogen-bond acceptors (Lipinski definition) is 4. The number of benzene rings is 1. The highest BCUT2D eigenvalue weighted by atomic mass is 16.5. The van der Waals surface area contributed by atoms with E-state index in [1.54, 1.807) is 31.4 Å². The van der Waals surface area contributed by atoms with Crippen LogP contribution in [-0.4, -0.2) is 48.9 Å². The summed E-state index contributed by atoms with van der Waals surface area (Å²) in [6.07, 6.45) is 1.11. The van der Waals surface area contributed by atoms with Crippen LogP contribution in [0, 0.1) is 5.92 Å². The van der Waals surface area contributed by atoms with Gasteiger partial charge in [-0.1, -0.05) is 26.0 Å². The predicted molar refractivity (Wildman–Crippen MR) is 89.7 cm³/mol. The summed E-state index contributed by atoms with van der Waals surface area (Å²) in [5.74, 6) is -0.917. The number of nitrogens with one attached hydrogen (secondary N) is 1. The van der Waals surface area contributed by atoms with Crippen molar-refractivity contribution in [3.63, 3.8) is 0 Å². The van der Waals surface area contributed by atoms with Gasteiger partial charge in [0.05, 0.1) is 11.1 Å². The second-order valence-corrected chi connectivity index (χ2v) is 6.31. The Morgan fingerprint density at radius 2 is 1.75 bits per heavy atom. The van der Waals surface area contributed by atoms with E-state index in [0.717, 1.165) is 4.90 Å². The number of ether oxygens (including phenoxy) is 1. The van der Waals surface area contributed by atoms with Crippen molar-refractivity contribution >= 4 is 17.7 Å². The van der Waals surface area contributed by atoms with Gasteiger partial charge >= 0.3 is 0 Å². The van der Waals surface area contributed by atoms with Crippen LogP contribution in [0.5, 0.6) is 0 Å². The number of nitrogens with zero attached hydrogens (tertiary/aromatic N) is 1. The van der Waals surface area contributed by atoms with Gasteiger partial charge in [0.15, 0.2) is 0 Å². The van der Waals surface area contributed by atoms with Gasteiger partial charge in [-0.05, 0) is 30.9 Å². The SMILES string of the molecule is COCCCNC(=O)C(CC(C)C)N1C(=O)c2ccccc2C1=O. The summed E-state index contributed by atoms with van der Waals surface area (Å²) in [6.45, 7) is 4.92. The highest BCUT2D eigenvalue weighted by molar-refractivity contribution is 6.22. The summed E-state index contributed by atoms with van der Waals surface area (Å²) in [5, 5.41) is 2.80. The van der Waals surface area contributed by atoms with E-state index >= 15 is 0 Å². The van der Waals surface area contributed by atoms with Gasteiger partial charge in [-0.2, -0.15) is 0 Å². The molecule has 130 valence electrons. The molecule has 0 radical (unpaired) electrons. The summed E-state index contributed by atoms with van der Waals surface area (Å²) < 4.78 is 4.95. The average Bonchev–Trinajstić information content (AvgIpc) is 2.81. The first kappa shape index (κ1) is 18.1. The Balaban J connectivity index is 2.18. The highest BCUT2D eigenvalue weighted by Gasteiger charge is 2.42. The lowest BCUT2D eigenvalue weighted by molar-refractivity contribution is -0.125. The minimum Gasteiger partial charge on any atom is -0.385 e. The molecule has 0 bridgehead atoms. The lowest BCUT2D eigenvalue weighted by atomic mass is 10.0. The lowest BCUT2D eigenvalue weighted by Crippen LogP contribution is -2.50. The Hall–Kier alpha value is -2.21. The number of rotatable bonds is 8. The van der Waals surface area contributed by atoms with Crippen LogP contribution in [0.15, 0.2) is 24.3 Å². The van der Waals surface area contributed by atoms with Gasteiger partial charge in [-0.3, -0.25) is 19.3 Å². The van der Waals surface area contributed by atoms with Gasteiger partial charge in [0, 0.05) is 20.3 Å². The van der Waals surface area contributed by atoms with Crippen LogP contribution in [0.4, 0.5) is 0 Å². The van der Waals surface area contributed by atoms with Gasteiger partial charge in [-0.25, -0.2) is 0 Å². The molecule has 0 spiro atoms. The van der Waals surface area contributed by atoms with Crippen molar-refractivity contribution in [3.8, 4) is 0 Å². The van der Waals surface area contributed by atoms with Crippen molar-refractivity contribution in [2.24, 2.45) is 5.92 Å². The number of fused-ring (bicyclic) bond motifs is 1. The largest absolute Gasteiger partial charge is 0.385 e. The first-order valence-corrected chi connectivity index (χ1v) is 8.21. The number of hydrogen-bond donors (Lipinski definition) is 1. The van der Waals surface area contributed by atoms with E-state index in [9.17, 15) is 14.4 Å². The van der Waals surface area contributed by atoms with Crippen LogP contribution in [0.2, 0.25) is 0 Å². The van der Waals surface area contributed by atoms with Crippen LogP contribution < -0.4 is 5.32 Å². The summed E-state index contributed by atoms with van der Waals surface area (Å²) in [5.41, 5.74) is 0.729. The molecule has 6 heteroatoms. The molecule has 1 aromatic carbocycles. The normalized spacial score (nSPS) is 14.9. The zero-order chi connectivity index (χ0) is 17.7. The van der Waals surface area contributed by atoms with Crippen molar-refractivity contribution in [2.45, 2.75) is 32.7 Å². The second kappa shape index (κ2) is 8.06.